The van der Waals surface area contributed by atoms with Crippen LogP contribution in [0.5, 0.6) is 5.88 Å². The zero-order valence-corrected chi connectivity index (χ0v) is 14.1. The van der Waals surface area contributed by atoms with E-state index in [1.54, 1.807) is 12.4 Å². The third-order valence-corrected chi connectivity index (χ3v) is 4.60. The standard InChI is InChI=1S/C19H22N4O2/c24-19(21-15-8-9-15)16-7-4-10-23(16)17-11-20-12-18(22-17)25-13-14-5-2-1-3-6-14/h1-3,5-6,11-12,15-16H,4,7-10,13H2,(H,21,24). The van der Waals surface area contributed by atoms with E-state index in [-0.39, 0.29) is 11.9 Å². The van der Waals surface area contributed by atoms with Gasteiger partial charge in [-0.3, -0.25) is 9.78 Å². The molecule has 1 N–H and O–H groups in total. The number of nitrogens with zero attached hydrogens (tertiary/aromatic N) is 3. The molecular weight excluding hydrogens is 316 g/mol. The molecule has 1 aliphatic carbocycles. The molecule has 25 heavy (non-hydrogen) atoms. The number of benzene rings is 1. The molecule has 0 radical (unpaired) electrons. The average Bonchev–Trinajstić information content (AvgIpc) is 3.32. The van der Waals surface area contributed by atoms with Crippen molar-refractivity contribution in [2.24, 2.45) is 0 Å². The summed E-state index contributed by atoms with van der Waals surface area (Å²) in [4.78, 5) is 23.3. The van der Waals surface area contributed by atoms with Gasteiger partial charge in [0.2, 0.25) is 11.8 Å². The summed E-state index contributed by atoms with van der Waals surface area (Å²) in [6.07, 6.45) is 7.36. The first kappa shape index (κ1) is 15.9. The second-order valence-electron chi connectivity index (χ2n) is 6.62. The molecule has 1 saturated carbocycles. The molecule has 2 heterocycles. The number of rotatable bonds is 6. The molecule has 2 fully saturated rings. The van der Waals surface area contributed by atoms with E-state index >= 15 is 0 Å². The van der Waals surface area contributed by atoms with Crippen molar-refractivity contribution in [3.8, 4) is 5.88 Å². The Morgan fingerprint density at radius 2 is 2.04 bits per heavy atom. The van der Waals surface area contributed by atoms with Crippen molar-refractivity contribution in [2.45, 2.75) is 44.4 Å². The topological polar surface area (TPSA) is 67.4 Å². The van der Waals surface area contributed by atoms with Gasteiger partial charge in [-0.05, 0) is 31.2 Å². The van der Waals surface area contributed by atoms with Crippen LogP contribution in [0.4, 0.5) is 5.82 Å². The fourth-order valence-electron chi connectivity index (χ4n) is 3.12. The van der Waals surface area contributed by atoms with E-state index in [2.05, 4.69) is 15.3 Å². The first-order chi connectivity index (χ1) is 12.3. The molecule has 1 unspecified atom stereocenters. The maximum atomic E-state index is 12.4. The maximum absolute atomic E-state index is 12.4. The molecule has 1 amide bonds. The minimum absolute atomic E-state index is 0.109. The normalized spacial score (nSPS) is 19.7. The smallest absolute Gasteiger partial charge is 0.242 e. The largest absolute Gasteiger partial charge is 0.472 e. The molecule has 4 rings (SSSR count). The number of hydrogen-bond donors (Lipinski definition) is 1. The van der Waals surface area contributed by atoms with Crippen LogP contribution < -0.4 is 15.0 Å². The lowest BCUT2D eigenvalue weighted by Crippen LogP contribution is -2.44. The second-order valence-corrected chi connectivity index (χ2v) is 6.62. The van der Waals surface area contributed by atoms with Gasteiger partial charge in [-0.2, -0.15) is 4.98 Å². The van der Waals surface area contributed by atoms with Crippen molar-refractivity contribution in [2.75, 3.05) is 11.4 Å². The van der Waals surface area contributed by atoms with Crippen molar-refractivity contribution >= 4 is 11.7 Å². The summed E-state index contributed by atoms with van der Waals surface area (Å²) in [7, 11) is 0. The van der Waals surface area contributed by atoms with Crippen LogP contribution in [0.25, 0.3) is 0 Å². The summed E-state index contributed by atoms with van der Waals surface area (Å²) in [5, 5.41) is 3.10. The Kier molecular flexibility index (Phi) is 4.50. The van der Waals surface area contributed by atoms with Crippen molar-refractivity contribution < 1.29 is 9.53 Å². The van der Waals surface area contributed by atoms with Gasteiger partial charge in [0.25, 0.3) is 0 Å². The summed E-state index contributed by atoms with van der Waals surface area (Å²) < 4.78 is 5.76. The number of anilines is 1. The Morgan fingerprint density at radius 3 is 2.84 bits per heavy atom. The fraction of sp³-hybridized carbons (Fsp3) is 0.421. The molecule has 0 spiro atoms. The average molecular weight is 338 g/mol. The van der Waals surface area contributed by atoms with Gasteiger partial charge in [0, 0.05) is 12.6 Å². The lowest BCUT2D eigenvalue weighted by Gasteiger charge is -2.24. The highest BCUT2D eigenvalue weighted by atomic mass is 16.5. The molecule has 130 valence electrons. The number of ether oxygens (including phenoxy) is 1. The maximum Gasteiger partial charge on any atom is 0.242 e. The summed E-state index contributed by atoms with van der Waals surface area (Å²) in [6, 6.07) is 10.2. The lowest BCUT2D eigenvalue weighted by molar-refractivity contribution is -0.122. The van der Waals surface area contributed by atoms with Crippen LogP contribution >= 0.6 is 0 Å². The highest BCUT2D eigenvalue weighted by molar-refractivity contribution is 5.86. The summed E-state index contributed by atoms with van der Waals surface area (Å²) >= 11 is 0. The number of nitrogens with one attached hydrogen (secondary N) is 1. The van der Waals surface area contributed by atoms with Crippen LogP contribution in [0.2, 0.25) is 0 Å². The highest BCUT2D eigenvalue weighted by Crippen LogP contribution is 2.26. The summed E-state index contributed by atoms with van der Waals surface area (Å²) in [5.74, 6) is 1.30. The van der Waals surface area contributed by atoms with Crippen molar-refractivity contribution in [1.82, 2.24) is 15.3 Å². The molecule has 1 atom stereocenters. The molecule has 6 heteroatoms. The van der Waals surface area contributed by atoms with Crippen LogP contribution in [0, 0.1) is 0 Å². The number of amides is 1. The Morgan fingerprint density at radius 1 is 1.20 bits per heavy atom. The quantitative estimate of drug-likeness (QED) is 0.875. The van der Waals surface area contributed by atoms with Crippen LogP contribution in [0.15, 0.2) is 42.7 Å². The molecule has 1 saturated heterocycles. The van der Waals surface area contributed by atoms with E-state index in [1.807, 2.05) is 35.2 Å². The molecule has 1 aromatic heterocycles. The molecule has 1 aliphatic heterocycles. The first-order valence-corrected chi connectivity index (χ1v) is 8.85. The van der Waals surface area contributed by atoms with E-state index in [0.717, 1.165) is 37.8 Å². The fourth-order valence-corrected chi connectivity index (χ4v) is 3.12. The van der Waals surface area contributed by atoms with Gasteiger partial charge >= 0.3 is 0 Å². The third-order valence-electron chi connectivity index (χ3n) is 4.60. The minimum Gasteiger partial charge on any atom is -0.472 e. The number of hydrogen-bond acceptors (Lipinski definition) is 5. The SMILES string of the molecule is O=C(NC1CC1)C1CCCN1c1cncc(OCc2ccccc2)n1. The molecule has 2 aromatic rings. The van der Waals surface area contributed by atoms with Crippen molar-refractivity contribution in [3.63, 3.8) is 0 Å². The van der Waals surface area contributed by atoms with Crippen molar-refractivity contribution in [1.29, 1.82) is 0 Å². The summed E-state index contributed by atoms with van der Waals surface area (Å²) in [6.45, 7) is 1.27. The van der Waals surface area contributed by atoms with E-state index in [1.165, 1.54) is 0 Å². The van der Waals surface area contributed by atoms with Crippen LogP contribution in [-0.2, 0) is 11.4 Å². The van der Waals surface area contributed by atoms with Crippen LogP contribution in [-0.4, -0.2) is 34.5 Å². The Balaban J connectivity index is 1.43. The number of carbonyl (C=O) groups is 1. The number of carbonyl (C=O) groups excluding carboxylic acids is 1. The molecule has 6 nitrogen and oxygen atoms in total. The van der Waals surface area contributed by atoms with Crippen LogP contribution in [0.3, 0.4) is 0 Å². The minimum atomic E-state index is -0.153. The molecule has 1 aromatic carbocycles. The lowest BCUT2D eigenvalue weighted by atomic mass is 10.2. The molecule has 0 bridgehead atoms. The molecular formula is C19H22N4O2. The van der Waals surface area contributed by atoms with Gasteiger partial charge in [0.05, 0.1) is 12.4 Å². The molecule has 2 aliphatic rings. The van der Waals surface area contributed by atoms with Gasteiger partial charge in [-0.1, -0.05) is 30.3 Å². The predicted octanol–water partition coefficient (Wildman–Crippen LogP) is 2.30. The van der Waals surface area contributed by atoms with Gasteiger partial charge < -0.3 is 15.0 Å². The van der Waals surface area contributed by atoms with Crippen LogP contribution in [0.1, 0.15) is 31.2 Å². The van der Waals surface area contributed by atoms with E-state index in [0.29, 0.717) is 24.3 Å². The Labute approximate surface area is 147 Å². The van der Waals surface area contributed by atoms with Gasteiger partial charge in [-0.15, -0.1) is 0 Å². The zero-order valence-electron chi connectivity index (χ0n) is 14.1. The van der Waals surface area contributed by atoms with E-state index in [9.17, 15) is 4.79 Å². The van der Waals surface area contributed by atoms with E-state index < -0.39 is 0 Å². The third kappa shape index (κ3) is 3.90. The Hall–Kier alpha value is -2.63. The second kappa shape index (κ2) is 7.09. The monoisotopic (exact) mass is 338 g/mol. The zero-order chi connectivity index (χ0) is 17.1. The van der Waals surface area contributed by atoms with Gasteiger partial charge in [0.1, 0.15) is 12.6 Å². The summed E-state index contributed by atoms with van der Waals surface area (Å²) in [5.41, 5.74) is 1.08. The number of aromatic nitrogens is 2. The van der Waals surface area contributed by atoms with Crippen molar-refractivity contribution in [3.05, 3.63) is 48.3 Å². The van der Waals surface area contributed by atoms with Gasteiger partial charge in [0.15, 0.2) is 5.82 Å². The van der Waals surface area contributed by atoms with E-state index in [4.69, 9.17) is 4.74 Å². The first-order valence-electron chi connectivity index (χ1n) is 8.85. The Bertz CT molecular complexity index is 733. The predicted molar refractivity (Wildman–Crippen MR) is 94.3 cm³/mol. The van der Waals surface area contributed by atoms with Gasteiger partial charge in [-0.25, -0.2) is 0 Å². The highest BCUT2D eigenvalue weighted by Gasteiger charge is 2.34.